The van der Waals surface area contributed by atoms with Gasteiger partial charge in [0.2, 0.25) is 5.91 Å². The van der Waals surface area contributed by atoms with Crippen molar-refractivity contribution in [3.63, 3.8) is 0 Å². The number of likely N-dealkylation sites (N-methyl/N-ethyl adjacent to an activating group) is 1. The van der Waals surface area contributed by atoms with Crippen LogP contribution in [0.3, 0.4) is 0 Å². The predicted octanol–water partition coefficient (Wildman–Crippen LogP) is 4.70. The zero-order valence-corrected chi connectivity index (χ0v) is 18.9. The minimum Gasteiger partial charge on any atom is -0.358 e. The summed E-state index contributed by atoms with van der Waals surface area (Å²) in [5, 5.41) is 6.70. The molecule has 2 N–H and O–H groups in total. The summed E-state index contributed by atoms with van der Waals surface area (Å²) >= 11 is 1.54. The van der Waals surface area contributed by atoms with Gasteiger partial charge in [0.25, 0.3) is 0 Å². The number of alkyl halides is 1. The van der Waals surface area contributed by atoms with E-state index in [0.717, 1.165) is 28.5 Å². The molecule has 1 amide bonds. The lowest BCUT2D eigenvalue weighted by Crippen LogP contribution is -2.43. The van der Waals surface area contributed by atoms with Crippen molar-refractivity contribution in [3.05, 3.63) is 48.3 Å². The Morgan fingerprint density at radius 2 is 2.03 bits per heavy atom. The zero-order chi connectivity index (χ0) is 22.3. The summed E-state index contributed by atoms with van der Waals surface area (Å²) in [4.78, 5) is 28.8. The fraction of sp³-hybridized carbons (Fsp3) is 0.391. The summed E-state index contributed by atoms with van der Waals surface area (Å²) in [6.45, 7) is -0.235. The second kappa shape index (κ2) is 10.5. The van der Waals surface area contributed by atoms with Crippen LogP contribution in [0, 0.1) is 0 Å². The molecule has 0 aromatic carbocycles. The number of aromatic nitrogens is 3. The van der Waals surface area contributed by atoms with Gasteiger partial charge in [-0.25, -0.2) is 19.3 Å². The number of nitrogens with one attached hydrogen (secondary N) is 2. The Balaban J connectivity index is 1.55. The molecule has 0 radical (unpaired) electrons. The molecule has 32 heavy (non-hydrogen) atoms. The maximum Gasteiger partial charge on any atom is 0.239 e. The van der Waals surface area contributed by atoms with Crippen molar-refractivity contribution in [1.29, 1.82) is 0 Å². The number of halogens is 1. The summed E-state index contributed by atoms with van der Waals surface area (Å²) < 4.78 is 12.9. The third-order valence-corrected chi connectivity index (χ3v) is 6.64. The molecule has 3 heterocycles. The van der Waals surface area contributed by atoms with Crippen molar-refractivity contribution in [1.82, 2.24) is 20.3 Å². The third-order valence-electron chi connectivity index (χ3n) is 5.58. The average molecular weight is 455 g/mol. The Morgan fingerprint density at radius 1 is 1.19 bits per heavy atom. The number of nitrogens with zero attached hydrogens (tertiary/aromatic N) is 4. The van der Waals surface area contributed by atoms with Gasteiger partial charge in [-0.05, 0) is 42.7 Å². The van der Waals surface area contributed by atoms with Crippen LogP contribution in [0.5, 0.6) is 0 Å². The lowest BCUT2D eigenvalue weighted by atomic mass is 9.94. The summed E-state index contributed by atoms with van der Waals surface area (Å²) in [5.41, 5.74) is 1.34. The first kappa shape index (κ1) is 22.1. The standard InChI is InChI=1S/C23H27FN6OS/c1-25-22(31)15-30(17-6-3-2-4-7-17)23-27-14-19(32-23)18-8-5-9-20(28-18)29-21-12-16(13-24)10-11-26-21/h5,8-12,14,17H,2-4,6-7,13,15H2,1H3,(H,25,31)(H,26,28,29). The molecule has 1 aliphatic rings. The highest BCUT2D eigenvalue weighted by molar-refractivity contribution is 7.18. The molecule has 0 aliphatic heterocycles. The predicted molar refractivity (Wildman–Crippen MR) is 126 cm³/mol. The van der Waals surface area contributed by atoms with Crippen LogP contribution in [0.1, 0.15) is 37.7 Å². The molecule has 9 heteroatoms. The molecule has 0 unspecified atom stereocenters. The summed E-state index contributed by atoms with van der Waals surface area (Å²) in [5.74, 6) is 1.15. The van der Waals surface area contributed by atoms with Gasteiger partial charge in [0.05, 0.1) is 17.1 Å². The van der Waals surface area contributed by atoms with E-state index in [1.807, 2.05) is 24.4 Å². The lowest BCUT2D eigenvalue weighted by Gasteiger charge is -2.33. The number of pyridine rings is 2. The zero-order valence-electron chi connectivity index (χ0n) is 18.1. The first-order chi connectivity index (χ1) is 15.7. The number of rotatable bonds is 8. The second-order valence-electron chi connectivity index (χ2n) is 7.82. The maximum atomic E-state index is 12.9. The molecule has 0 atom stereocenters. The summed E-state index contributed by atoms with van der Waals surface area (Å²) in [6.07, 6.45) is 9.15. The van der Waals surface area contributed by atoms with Crippen LogP contribution in [-0.4, -0.2) is 40.5 Å². The number of hydrogen-bond acceptors (Lipinski definition) is 7. The van der Waals surface area contributed by atoms with Crippen LogP contribution >= 0.6 is 11.3 Å². The highest BCUT2D eigenvalue weighted by Gasteiger charge is 2.25. The highest BCUT2D eigenvalue weighted by atomic mass is 32.1. The topological polar surface area (TPSA) is 83.0 Å². The van der Waals surface area contributed by atoms with Crippen LogP contribution in [0.15, 0.2) is 42.7 Å². The number of carbonyl (C=O) groups is 1. The lowest BCUT2D eigenvalue weighted by molar-refractivity contribution is -0.119. The van der Waals surface area contributed by atoms with Gasteiger partial charge in [-0.1, -0.05) is 36.7 Å². The van der Waals surface area contributed by atoms with Crippen LogP contribution in [0.25, 0.3) is 10.6 Å². The van der Waals surface area contributed by atoms with E-state index in [1.54, 1.807) is 36.7 Å². The van der Waals surface area contributed by atoms with Gasteiger partial charge in [-0.15, -0.1) is 0 Å². The summed E-state index contributed by atoms with van der Waals surface area (Å²) in [7, 11) is 1.66. The molecule has 7 nitrogen and oxygen atoms in total. The van der Waals surface area contributed by atoms with Crippen LogP contribution in [0.2, 0.25) is 0 Å². The third kappa shape index (κ3) is 5.40. The first-order valence-electron chi connectivity index (χ1n) is 10.8. The monoisotopic (exact) mass is 454 g/mol. The van der Waals surface area contributed by atoms with Crippen LogP contribution in [-0.2, 0) is 11.5 Å². The number of amides is 1. The maximum absolute atomic E-state index is 12.9. The Bertz CT molecular complexity index is 1050. The molecule has 4 rings (SSSR count). The van der Waals surface area contributed by atoms with Gasteiger partial charge >= 0.3 is 0 Å². The summed E-state index contributed by atoms with van der Waals surface area (Å²) in [6, 6.07) is 9.32. The van der Waals surface area contributed by atoms with E-state index >= 15 is 0 Å². The smallest absolute Gasteiger partial charge is 0.239 e. The van der Waals surface area contributed by atoms with E-state index in [1.165, 1.54) is 19.3 Å². The van der Waals surface area contributed by atoms with E-state index in [-0.39, 0.29) is 5.91 Å². The molecular weight excluding hydrogens is 427 g/mol. The molecule has 168 valence electrons. The molecule has 0 saturated heterocycles. The minimum absolute atomic E-state index is 0.0142. The van der Waals surface area contributed by atoms with Gasteiger partial charge < -0.3 is 15.5 Å². The highest BCUT2D eigenvalue weighted by Crippen LogP contribution is 2.34. The molecule has 3 aromatic rings. The normalized spacial score (nSPS) is 14.2. The van der Waals surface area contributed by atoms with Crippen molar-refractivity contribution < 1.29 is 9.18 Å². The minimum atomic E-state index is -0.540. The van der Waals surface area contributed by atoms with Crippen molar-refractivity contribution in [3.8, 4) is 10.6 Å². The number of anilines is 3. The van der Waals surface area contributed by atoms with Crippen molar-refractivity contribution in [2.24, 2.45) is 0 Å². The Labute approximate surface area is 191 Å². The van der Waals surface area contributed by atoms with Gasteiger partial charge in [0, 0.05) is 25.5 Å². The SMILES string of the molecule is CNC(=O)CN(c1ncc(-c2cccc(Nc3cc(CF)ccn3)n2)s1)C1CCCCC1. The Kier molecular flexibility index (Phi) is 7.26. The van der Waals surface area contributed by atoms with E-state index < -0.39 is 6.67 Å². The van der Waals surface area contributed by atoms with E-state index in [0.29, 0.717) is 29.8 Å². The molecule has 1 saturated carbocycles. The fourth-order valence-electron chi connectivity index (χ4n) is 3.89. The van der Waals surface area contributed by atoms with Gasteiger partial charge in [-0.3, -0.25) is 4.79 Å². The number of hydrogen-bond donors (Lipinski definition) is 2. The van der Waals surface area contributed by atoms with Crippen LogP contribution < -0.4 is 15.5 Å². The van der Waals surface area contributed by atoms with Crippen molar-refractivity contribution in [2.45, 2.75) is 44.8 Å². The van der Waals surface area contributed by atoms with Crippen molar-refractivity contribution >= 4 is 34.0 Å². The van der Waals surface area contributed by atoms with Crippen LogP contribution in [0.4, 0.5) is 21.2 Å². The molecule has 0 spiro atoms. The quantitative estimate of drug-likeness (QED) is 0.513. The molecule has 3 aromatic heterocycles. The van der Waals surface area contributed by atoms with Gasteiger partial charge in [0.15, 0.2) is 5.13 Å². The number of thiazole rings is 1. The van der Waals surface area contributed by atoms with E-state index in [2.05, 4.69) is 30.5 Å². The van der Waals surface area contributed by atoms with Gasteiger partial charge in [-0.2, -0.15) is 0 Å². The fourth-order valence-corrected chi connectivity index (χ4v) is 4.85. The molecular formula is C23H27FN6OS. The molecule has 1 fully saturated rings. The van der Waals surface area contributed by atoms with E-state index in [4.69, 9.17) is 0 Å². The number of carbonyl (C=O) groups excluding carboxylic acids is 1. The Hall–Kier alpha value is -3.07. The Morgan fingerprint density at radius 3 is 2.81 bits per heavy atom. The van der Waals surface area contributed by atoms with Crippen molar-refractivity contribution in [2.75, 3.05) is 23.8 Å². The second-order valence-corrected chi connectivity index (χ2v) is 8.83. The largest absolute Gasteiger partial charge is 0.358 e. The first-order valence-corrected chi connectivity index (χ1v) is 11.7. The van der Waals surface area contributed by atoms with E-state index in [9.17, 15) is 9.18 Å². The average Bonchev–Trinajstić information content (AvgIpc) is 3.33. The molecule has 1 aliphatic carbocycles. The van der Waals surface area contributed by atoms with Gasteiger partial charge in [0.1, 0.15) is 18.3 Å². The molecule has 0 bridgehead atoms.